The zero-order valence-electron chi connectivity index (χ0n) is 14.7. The van der Waals surface area contributed by atoms with E-state index in [0.29, 0.717) is 17.8 Å². The number of fused-ring (bicyclic) bond motifs is 1. The molecule has 2 aromatic carbocycles. The Morgan fingerprint density at radius 2 is 2.04 bits per heavy atom. The molecule has 6 heteroatoms. The lowest BCUT2D eigenvalue weighted by molar-refractivity contribution is -0.133. The Morgan fingerprint density at radius 3 is 2.85 bits per heavy atom. The van der Waals surface area contributed by atoms with E-state index in [4.69, 9.17) is 14.0 Å². The summed E-state index contributed by atoms with van der Waals surface area (Å²) in [6.07, 6.45) is 0.847. The van der Waals surface area contributed by atoms with Crippen LogP contribution >= 0.6 is 11.3 Å². The van der Waals surface area contributed by atoms with Gasteiger partial charge in [0.15, 0.2) is 5.58 Å². The zero-order chi connectivity index (χ0) is 18.6. The first-order valence-corrected chi connectivity index (χ1v) is 9.34. The molecule has 4 rings (SSSR count). The topological polar surface area (TPSA) is 61.6 Å². The molecule has 0 unspecified atom stereocenters. The van der Waals surface area contributed by atoms with Crippen molar-refractivity contribution in [2.45, 2.75) is 12.8 Å². The van der Waals surface area contributed by atoms with Crippen molar-refractivity contribution in [3.63, 3.8) is 0 Å². The number of hydrogen-bond acceptors (Lipinski definition) is 6. The lowest BCUT2D eigenvalue weighted by atomic mass is 10.1. The highest BCUT2D eigenvalue weighted by Crippen LogP contribution is 2.28. The van der Waals surface area contributed by atoms with Crippen LogP contribution in [0.2, 0.25) is 0 Å². The summed E-state index contributed by atoms with van der Waals surface area (Å²) in [7, 11) is 1.65. The highest BCUT2D eigenvalue weighted by molar-refractivity contribution is 7.10. The number of esters is 1. The van der Waals surface area contributed by atoms with Gasteiger partial charge in [-0.2, -0.15) is 0 Å². The molecule has 0 saturated carbocycles. The van der Waals surface area contributed by atoms with E-state index in [9.17, 15) is 4.79 Å². The molecule has 0 radical (unpaired) electrons. The van der Waals surface area contributed by atoms with Gasteiger partial charge in [0.2, 0.25) is 0 Å². The minimum atomic E-state index is -0.300. The molecule has 0 aliphatic heterocycles. The molecule has 0 aliphatic carbocycles. The first-order valence-electron chi connectivity index (χ1n) is 8.46. The second kappa shape index (κ2) is 7.63. The summed E-state index contributed by atoms with van der Waals surface area (Å²) in [5.74, 6) is 0.961. The Labute approximate surface area is 160 Å². The first kappa shape index (κ1) is 17.3. The van der Waals surface area contributed by atoms with Gasteiger partial charge in [0.05, 0.1) is 19.2 Å². The zero-order valence-corrected chi connectivity index (χ0v) is 15.5. The summed E-state index contributed by atoms with van der Waals surface area (Å²) in [5.41, 5.74) is 2.42. The van der Waals surface area contributed by atoms with Crippen LogP contribution in [0, 0.1) is 0 Å². The highest BCUT2D eigenvalue weighted by atomic mass is 32.1. The number of hydrogen-bond donors (Lipinski definition) is 0. The van der Waals surface area contributed by atoms with Crippen molar-refractivity contribution in [3.05, 3.63) is 76.1 Å². The van der Waals surface area contributed by atoms with Gasteiger partial charge < -0.3 is 14.0 Å². The minimum Gasteiger partial charge on any atom is -0.496 e. The number of aromatic nitrogens is 1. The van der Waals surface area contributed by atoms with Crippen LogP contribution in [0.15, 0.2) is 64.5 Å². The molecule has 0 bridgehead atoms. The first-order chi connectivity index (χ1) is 13.2. The fraction of sp³-hybridized carbons (Fsp3) is 0.143. The Balaban J connectivity index is 1.52. The van der Waals surface area contributed by atoms with Crippen molar-refractivity contribution in [2.75, 3.05) is 7.11 Å². The fourth-order valence-electron chi connectivity index (χ4n) is 2.91. The molecule has 0 amide bonds. The van der Waals surface area contributed by atoms with E-state index in [1.54, 1.807) is 19.2 Å². The third-order valence-corrected chi connectivity index (χ3v) is 5.08. The van der Waals surface area contributed by atoms with E-state index >= 15 is 0 Å². The molecule has 5 nitrogen and oxygen atoms in total. The molecule has 0 atom stereocenters. The number of carbonyl (C=O) groups excluding carboxylic acids is 1. The van der Waals surface area contributed by atoms with Gasteiger partial charge >= 0.3 is 5.97 Å². The third-order valence-electron chi connectivity index (χ3n) is 4.20. The van der Waals surface area contributed by atoms with Crippen LogP contribution in [0.25, 0.3) is 11.0 Å². The van der Waals surface area contributed by atoms with Gasteiger partial charge in [0.1, 0.15) is 11.5 Å². The van der Waals surface area contributed by atoms with Gasteiger partial charge in [-0.25, -0.2) is 0 Å². The normalized spacial score (nSPS) is 10.9. The number of thiophene rings is 1. The van der Waals surface area contributed by atoms with Crippen molar-refractivity contribution in [3.8, 4) is 11.5 Å². The average molecular weight is 379 g/mol. The number of ether oxygens (including phenoxy) is 2. The Bertz CT molecular complexity index is 1070. The summed E-state index contributed by atoms with van der Waals surface area (Å²) in [5, 5.41) is 7.00. The third kappa shape index (κ3) is 3.85. The number of methoxy groups -OCH3 is 1. The largest absolute Gasteiger partial charge is 0.496 e. The van der Waals surface area contributed by atoms with Crippen molar-refractivity contribution in [2.24, 2.45) is 0 Å². The summed E-state index contributed by atoms with van der Waals surface area (Å²) in [6, 6.07) is 17.0. The predicted octanol–water partition coefficient (Wildman–Crippen LogP) is 4.64. The van der Waals surface area contributed by atoms with Gasteiger partial charge in [-0.1, -0.05) is 29.4 Å². The van der Waals surface area contributed by atoms with Crippen LogP contribution in [0.5, 0.6) is 11.5 Å². The summed E-state index contributed by atoms with van der Waals surface area (Å²) in [6.45, 7) is 0. The maximum atomic E-state index is 12.1. The van der Waals surface area contributed by atoms with E-state index in [1.165, 1.54) is 11.3 Å². The molecule has 2 aromatic heterocycles. The summed E-state index contributed by atoms with van der Waals surface area (Å²) >= 11 is 1.53. The monoisotopic (exact) mass is 379 g/mol. The maximum Gasteiger partial charge on any atom is 0.316 e. The fourth-order valence-corrected chi connectivity index (χ4v) is 3.60. The lowest BCUT2D eigenvalue weighted by Crippen LogP contribution is -2.10. The number of para-hydroxylation sites is 1. The molecule has 136 valence electrons. The quantitative estimate of drug-likeness (QED) is 0.361. The molecule has 4 aromatic rings. The molecule has 2 heterocycles. The predicted molar refractivity (Wildman–Crippen MR) is 103 cm³/mol. The maximum absolute atomic E-state index is 12.1. The second-order valence-corrected chi connectivity index (χ2v) is 7.04. The highest BCUT2D eigenvalue weighted by Gasteiger charge is 2.14. The number of carbonyl (C=O) groups is 1. The average Bonchev–Trinajstić information content (AvgIpc) is 3.32. The summed E-state index contributed by atoms with van der Waals surface area (Å²) in [4.78, 5) is 13.0. The molecular weight excluding hydrogens is 362 g/mol. The van der Waals surface area contributed by atoms with Crippen LogP contribution < -0.4 is 9.47 Å². The number of rotatable bonds is 6. The van der Waals surface area contributed by atoms with Crippen molar-refractivity contribution < 1.29 is 18.8 Å². The minimum absolute atomic E-state index is 0.255. The van der Waals surface area contributed by atoms with E-state index in [0.717, 1.165) is 27.3 Å². The van der Waals surface area contributed by atoms with Gasteiger partial charge in [0.25, 0.3) is 0 Å². The van der Waals surface area contributed by atoms with Crippen LogP contribution in [-0.2, 0) is 17.6 Å². The number of nitrogens with zero attached hydrogens (tertiary/aromatic N) is 1. The molecule has 0 saturated heterocycles. The summed E-state index contributed by atoms with van der Waals surface area (Å²) < 4.78 is 16.3. The Kier molecular flexibility index (Phi) is 4.89. The van der Waals surface area contributed by atoms with Crippen molar-refractivity contribution in [1.29, 1.82) is 0 Å². The molecule has 0 aliphatic rings. The lowest BCUT2D eigenvalue weighted by Gasteiger charge is -2.06. The van der Waals surface area contributed by atoms with Crippen LogP contribution in [-0.4, -0.2) is 18.2 Å². The van der Waals surface area contributed by atoms with Gasteiger partial charge in [0, 0.05) is 28.3 Å². The van der Waals surface area contributed by atoms with Gasteiger partial charge in [-0.15, -0.1) is 11.3 Å². The van der Waals surface area contributed by atoms with Crippen LogP contribution in [0.3, 0.4) is 0 Å². The van der Waals surface area contributed by atoms with E-state index in [2.05, 4.69) is 5.16 Å². The Morgan fingerprint density at radius 1 is 1.15 bits per heavy atom. The van der Waals surface area contributed by atoms with Crippen molar-refractivity contribution >= 4 is 28.3 Å². The second-order valence-electron chi connectivity index (χ2n) is 6.01. The van der Waals surface area contributed by atoms with Gasteiger partial charge in [-0.3, -0.25) is 4.79 Å². The van der Waals surface area contributed by atoms with Crippen LogP contribution in [0.1, 0.15) is 16.1 Å². The number of benzene rings is 2. The molecule has 0 fully saturated rings. The van der Waals surface area contributed by atoms with Crippen molar-refractivity contribution in [1.82, 2.24) is 5.16 Å². The standard InChI is InChI=1S/C21H17NO4S/c1-24-19-7-3-2-5-14(19)11-18-17-9-8-15(12-20(17)26-22-18)25-21(23)13-16-6-4-10-27-16/h2-10,12H,11,13H2,1H3. The molecule has 0 spiro atoms. The van der Waals surface area contributed by atoms with Crippen LogP contribution in [0.4, 0.5) is 0 Å². The van der Waals surface area contributed by atoms with E-state index in [-0.39, 0.29) is 12.4 Å². The van der Waals surface area contributed by atoms with E-state index < -0.39 is 0 Å². The molecular formula is C21H17NO4S. The Hall–Kier alpha value is -3.12. The molecule has 0 N–H and O–H groups in total. The smallest absolute Gasteiger partial charge is 0.316 e. The SMILES string of the molecule is COc1ccccc1Cc1noc2cc(OC(=O)Cc3cccs3)ccc12. The van der Waals surface area contributed by atoms with E-state index in [1.807, 2.05) is 47.8 Å². The van der Waals surface area contributed by atoms with Gasteiger partial charge in [-0.05, 0) is 29.6 Å². The molecule has 27 heavy (non-hydrogen) atoms.